The van der Waals surface area contributed by atoms with Gasteiger partial charge in [0.1, 0.15) is 17.9 Å². The van der Waals surface area contributed by atoms with E-state index in [9.17, 15) is 13.2 Å². The maximum absolute atomic E-state index is 13.7. The number of rotatable bonds is 8. The van der Waals surface area contributed by atoms with E-state index in [1.807, 2.05) is 0 Å². The number of hydrogen-bond donors (Lipinski definition) is 2. The lowest BCUT2D eigenvalue weighted by Gasteiger charge is -2.25. The average Bonchev–Trinajstić information content (AvgIpc) is 2.82. The molecule has 0 radical (unpaired) electrons. The summed E-state index contributed by atoms with van der Waals surface area (Å²) in [5, 5.41) is 3.99. The summed E-state index contributed by atoms with van der Waals surface area (Å²) in [5.74, 6) is -0.0679. The van der Waals surface area contributed by atoms with Gasteiger partial charge in [-0.2, -0.15) is 4.31 Å². The molecule has 1 heterocycles. The number of aromatic nitrogens is 1. The van der Waals surface area contributed by atoms with Crippen LogP contribution >= 0.6 is 11.8 Å². The molecule has 0 bridgehead atoms. The van der Waals surface area contributed by atoms with E-state index in [1.165, 1.54) is 24.5 Å². The molecule has 1 aromatic heterocycles. The van der Waals surface area contributed by atoms with Crippen LogP contribution in [-0.4, -0.2) is 48.9 Å². The lowest BCUT2D eigenvalue weighted by Crippen LogP contribution is -2.38. The first-order chi connectivity index (χ1) is 16.9. The molecule has 0 fully saturated rings. The van der Waals surface area contributed by atoms with Crippen LogP contribution in [0.1, 0.15) is 26.3 Å². The predicted molar refractivity (Wildman–Crippen MR) is 139 cm³/mol. The van der Waals surface area contributed by atoms with E-state index in [1.54, 1.807) is 58.2 Å². The van der Waals surface area contributed by atoms with E-state index in [4.69, 9.17) is 27.0 Å². The second kappa shape index (κ2) is 11.1. The molecule has 10 nitrogen and oxygen atoms in total. The summed E-state index contributed by atoms with van der Waals surface area (Å²) in [4.78, 5) is 16.7. The Balaban J connectivity index is 2.00. The van der Waals surface area contributed by atoms with Gasteiger partial charge < -0.3 is 20.5 Å². The minimum Gasteiger partial charge on any atom is -0.497 e. The van der Waals surface area contributed by atoms with Crippen LogP contribution < -0.4 is 15.8 Å². The van der Waals surface area contributed by atoms with Crippen molar-refractivity contribution >= 4 is 50.2 Å². The van der Waals surface area contributed by atoms with Crippen molar-refractivity contribution in [2.24, 2.45) is 10.2 Å². The van der Waals surface area contributed by atoms with E-state index in [0.29, 0.717) is 27.8 Å². The topological polar surface area (TPSA) is 136 Å². The van der Waals surface area contributed by atoms with Gasteiger partial charge in [-0.1, -0.05) is 18.2 Å². The number of sulfonamides is 1. The minimum absolute atomic E-state index is 0.00926. The summed E-state index contributed by atoms with van der Waals surface area (Å²) >= 11 is 5.39. The van der Waals surface area contributed by atoms with Gasteiger partial charge in [-0.3, -0.25) is 9.78 Å². The number of nitrogens with one attached hydrogen (secondary N) is 1. The van der Waals surface area contributed by atoms with E-state index >= 15 is 0 Å². The first-order valence-corrected chi connectivity index (χ1v) is 12.6. The van der Waals surface area contributed by atoms with Gasteiger partial charge in [0, 0.05) is 35.3 Å². The number of hydrogen-bond acceptors (Lipinski definition) is 7. The molecular formula is C24H28ClN5O5S. The van der Waals surface area contributed by atoms with Crippen molar-refractivity contribution in [3.8, 4) is 5.75 Å². The zero-order valence-corrected chi connectivity index (χ0v) is 21.9. The summed E-state index contributed by atoms with van der Waals surface area (Å²) < 4.78 is 42.4. The van der Waals surface area contributed by atoms with Crippen LogP contribution in [0.25, 0.3) is 10.8 Å². The third-order valence-electron chi connectivity index (χ3n) is 4.97. The van der Waals surface area contributed by atoms with Gasteiger partial charge in [-0.25, -0.2) is 8.42 Å². The molecule has 0 unspecified atom stereocenters. The molecule has 0 aliphatic carbocycles. The second-order valence-electron chi connectivity index (χ2n) is 8.87. The number of anilines is 1. The third-order valence-corrected chi connectivity index (χ3v) is 6.94. The van der Waals surface area contributed by atoms with Crippen molar-refractivity contribution in [3.63, 3.8) is 0 Å². The number of esters is 1. The number of halogens is 1. The van der Waals surface area contributed by atoms with Crippen molar-refractivity contribution < 1.29 is 22.7 Å². The van der Waals surface area contributed by atoms with Crippen molar-refractivity contribution in [3.05, 3.63) is 60.4 Å². The smallest absolute Gasteiger partial charge is 0.321 e. The molecule has 3 N–H and O–H groups in total. The highest BCUT2D eigenvalue weighted by molar-refractivity contribution is 7.89. The van der Waals surface area contributed by atoms with Crippen molar-refractivity contribution in [1.82, 2.24) is 9.29 Å². The molecule has 0 spiro atoms. The van der Waals surface area contributed by atoms with Gasteiger partial charge in [-0.05, 0) is 50.6 Å². The van der Waals surface area contributed by atoms with Crippen molar-refractivity contribution in [2.45, 2.75) is 37.8 Å². The van der Waals surface area contributed by atoms with E-state index in [0.717, 1.165) is 4.31 Å². The van der Waals surface area contributed by atoms with E-state index < -0.39 is 28.1 Å². The van der Waals surface area contributed by atoms with Gasteiger partial charge in [0.05, 0.1) is 23.9 Å². The largest absolute Gasteiger partial charge is 0.497 e. The highest BCUT2D eigenvalue weighted by atomic mass is 35.5. The van der Waals surface area contributed by atoms with E-state index in [2.05, 4.69) is 14.8 Å². The Kier molecular flexibility index (Phi) is 8.39. The number of benzene rings is 2. The Morgan fingerprint density at radius 3 is 2.47 bits per heavy atom. The summed E-state index contributed by atoms with van der Waals surface area (Å²) in [6, 6.07) is 11.5. The van der Waals surface area contributed by atoms with Gasteiger partial charge in [-0.15, -0.1) is 4.51 Å². The fraction of sp³-hybridized carbons (Fsp3) is 0.292. The summed E-state index contributed by atoms with van der Waals surface area (Å²) in [5.41, 5.74) is 6.05. The molecule has 2 aromatic carbocycles. The highest BCUT2D eigenvalue weighted by Gasteiger charge is 2.29. The first-order valence-electron chi connectivity index (χ1n) is 10.9. The maximum Gasteiger partial charge on any atom is 0.321 e. The number of carbonyl (C=O) groups excluding carboxylic acids is 1. The first kappa shape index (κ1) is 27.2. The molecule has 36 heavy (non-hydrogen) atoms. The van der Waals surface area contributed by atoms with Gasteiger partial charge in [0.15, 0.2) is 0 Å². The van der Waals surface area contributed by atoms with Crippen molar-refractivity contribution in [2.75, 3.05) is 19.0 Å². The van der Waals surface area contributed by atoms with Crippen LogP contribution in [0.5, 0.6) is 5.75 Å². The predicted octanol–water partition coefficient (Wildman–Crippen LogP) is 3.66. The summed E-state index contributed by atoms with van der Waals surface area (Å²) in [6.07, 6.45) is 3.04. The number of ether oxygens (including phenoxy) is 2. The zero-order chi connectivity index (χ0) is 26.5. The molecule has 0 saturated carbocycles. The van der Waals surface area contributed by atoms with E-state index in [-0.39, 0.29) is 17.4 Å². The molecule has 0 saturated heterocycles. The fourth-order valence-corrected chi connectivity index (χ4v) is 4.85. The Labute approximate surface area is 215 Å². The van der Waals surface area contributed by atoms with Crippen LogP contribution in [0.4, 0.5) is 5.69 Å². The van der Waals surface area contributed by atoms with Gasteiger partial charge >= 0.3 is 5.97 Å². The number of pyridine rings is 1. The normalized spacial score (nSPS) is 12.6. The SMILES string of the molecule is COc1ccc(CN(CC(=O)OC(C)(C)C)S(=O)(=O)c2ccc3c(NC(N)=NCl)cncc3c2)cc1. The molecule has 0 aliphatic rings. The molecule has 3 rings (SSSR count). The summed E-state index contributed by atoms with van der Waals surface area (Å²) in [6.45, 7) is 4.64. The number of carbonyl (C=O) groups is 1. The second-order valence-corrected chi connectivity index (χ2v) is 11.0. The average molecular weight is 534 g/mol. The Morgan fingerprint density at radius 1 is 1.17 bits per heavy atom. The van der Waals surface area contributed by atoms with Crippen LogP contribution in [-0.2, 0) is 26.1 Å². The Bertz CT molecular complexity index is 1370. The van der Waals surface area contributed by atoms with Crippen LogP contribution in [0.15, 0.2) is 64.3 Å². The number of fused-ring (bicyclic) bond motifs is 1. The maximum atomic E-state index is 13.7. The molecule has 3 aromatic rings. The lowest BCUT2D eigenvalue weighted by atomic mass is 10.1. The number of guanidine groups is 1. The lowest BCUT2D eigenvalue weighted by molar-refractivity contribution is -0.155. The van der Waals surface area contributed by atoms with Crippen LogP contribution in [0.2, 0.25) is 0 Å². The van der Waals surface area contributed by atoms with Crippen LogP contribution in [0, 0.1) is 0 Å². The van der Waals surface area contributed by atoms with Gasteiger partial charge in [0.2, 0.25) is 16.0 Å². The quantitative estimate of drug-likeness (QED) is 0.254. The van der Waals surface area contributed by atoms with Crippen molar-refractivity contribution in [1.29, 1.82) is 0 Å². The Hall–Kier alpha value is -3.41. The molecule has 0 atom stereocenters. The minimum atomic E-state index is -4.11. The Morgan fingerprint density at radius 2 is 1.86 bits per heavy atom. The molecule has 192 valence electrons. The zero-order valence-electron chi connectivity index (χ0n) is 20.4. The van der Waals surface area contributed by atoms with Crippen LogP contribution in [0.3, 0.4) is 0 Å². The molecule has 0 amide bonds. The number of methoxy groups -OCH3 is 1. The van der Waals surface area contributed by atoms with Gasteiger partial charge in [0.25, 0.3) is 0 Å². The fourth-order valence-electron chi connectivity index (χ4n) is 3.40. The highest BCUT2D eigenvalue weighted by Crippen LogP contribution is 2.27. The summed E-state index contributed by atoms with van der Waals surface area (Å²) in [7, 11) is -2.57. The molecular weight excluding hydrogens is 506 g/mol. The molecule has 0 aliphatic heterocycles. The number of nitrogens with two attached hydrogens (primary N) is 1. The number of nitrogens with zero attached hydrogens (tertiary/aromatic N) is 3. The third kappa shape index (κ3) is 6.84. The standard InChI is InChI=1S/C24H28ClN5O5S/c1-24(2,3)35-22(31)15-30(14-16-5-7-18(34-4)8-6-16)36(32,33)19-9-10-20-17(11-19)12-27-13-21(20)28-23(26)29-25/h5-13H,14-15H2,1-4H3,(H3,26,28,29). The molecule has 12 heteroatoms. The monoisotopic (exact) mass is 533 g/mol.